The lowest BCUT2D eigenvalue weighted by Crippen LogP contribution is -2.36. The first-order chi connectivity index (χ1) is 13.8. The van der Waals surface area contributed by atoms with Crippen LogP contribution in [-0.4, -0.2) is 52.8 Å². The van der Waals surface area contributed by atoms with Gasteiger partial charge in [0.05, 0.1) is 12.2 Å². The van der Waals surface area contributed by atoms with Crippen LogP contribution >= 0.6 is 0 Å². The third-order valence-electron chi connectivity index (χ3n) is 3.75. The zero-order valence-corrected chi connectivity index (χ0v) is 16.0. The highest BCUT2D eigenvalue weighted by Crippen LogP contribution is 2.18. The smallest absolute Gasteiger partial charge is 0.388 e. The molecule has 1 N–H and O–H groups in total. The van der Waals surface area contributed by atoms with Crippen LogP contribution < -0.4 is 15.6 Å². The minimum Gasteiger partial charge on any atom is -0.417 e. The number of nitrogens with zero attached hydrogens (tertiary/aromatic N) is 4. The van der Waals surface area contributed by atoms with Crippen molar-refractivity contribution < 1.29 is 18.3 Å². The maximum atomic E-state index is 12.2. The number of amides is 1. The Morgan fingerprint density at radius 3 is 2.69 bits per heavy atom. The molecule has 10 heteroatoms. The number of rotatable bonds is 9. The lowest BCUT2D eigenvalue weighted by Gasteiger charge is -2.17. The number of pyridine rings is 1. The Balaban J connectivity index is 2.10. The SMILES string of the molecule is C=C/C=C(/CNC(=O)Cn1nc(-c2ccc(OC(F)F)nc2)ccc1=O)N(C)C. The van der Waals surface area contributed by atoms with Gasteiger partial charge in [-0.2, -0.15) is 13.9 Å². The molecule has 8 nitrogen and oxygen atoms in total. The number of halogens is 2. The van der Waals surface area contributed by atoms with E-state index in [1.807, 2.05) is 19.0 Å². The van der Waals surface area contributed by atoms with Crippen LogP contribution in [0.2, 0.25) is 0 Å². The van der Waals surface area contributed by atoms with Crippen molar-refractivity contribution in [1.29, 1.82) is 0 Å². The van der Waals surface area contributed by atoms with Crippen LogP contribution in [0.25, 0.3) is 11.3 Å². The summed E-state index contributed by atoms with van der Waals surface area (Å²) >= 11 is 0. The van der Waals surface area contributed by atoms with E-state index in [1.54, 1.807) is 12.2 Å². The molecule has 0 aliphatic carbocycles. The number of alkyl halides is 2. The topological polar surface area (TPSA) is 89.4 Å². The van der Waals surface area contributed by atoms with Gasteiger partial charge in [-0.25, -0.2) is 9.67 Å². The Kier molecular flexibility index (Phi) is 7.58. The molecule has 0 saturated heterocycles. The van der Waals surface area contributed by atoms with Gasteiger partial charge in [0.15, 0.2) is 0 Å². The summed E-state index contributed by atoms with van der Waals surface area (Å²) in [5.74, 6) is -0.631. The summed E-state index contributed by atoms with van der Waals surface area (Å²) in [6.07, 6.45) is 4.67. The van der Waals surface area contributed by atoms with Crippen LogP contribution in [0.5, 0.6) is 5.88 Å². The van der Waals surface area contributed by atoms with Crippen LogP contribution in [0.4, 0.5) is 8.78 Å². The van der Waals surface area contributed by atoms with Crippen LogP contribution in [-0.2, 0) is 11.3 Å². The van der Waals surface area contributed by atoms with Gasteiger partial charge in [-0.15, -0.1) is 0 Å². The predicted octanol–water partition coefficient (Wildman–Crippen LogP) is 1.65. The van der Waals surface area contributed by atoms with Crippen LogP contribution in [0.1, 0.15) is 0 Å². The van der Waals surface area contributed by atoms with Crippen molar-refractivity contribution >= 4 is 5.91 Å². The van der Waals surface area contributed by atoms with Gasteiger partial charge >= 0.3 is 6.61 Å². The number of allylic oxidation sites excluding steroid dienone is 2. The second-order valence-corrected chi connectivity index (χ2v) is 6.04. The molecule has 2 aromatic heterocycles. The highest BCUT2D eigenvalue weighted by Gasteiger charge is 2.10. The average Bonchev–Trinajstić information content (AvgIpc) is 2.67. The molecule has 2 aromatic rings. The van der Waals surface area contributed by atoms with E-state index in [9.17, 15) is 18.4 Å². The van der Waals surface area contributed by atoms with Crippen molar-refractivity contribution in [3.63, 3.8) is 0 Å². The van der Waals surface area contributed by atoms with Gasteiger partial charge in [0.2, 0.25) is 11.8 Å². The van der Waals surface area contributed by atoms with Gasteiger partial charge in [-0.3, -0.25) is 9.59 Å². The third kappa shape index (κ3) is 6.52. The second-order valence-electron chi connectivity index (χ2n) is 6.04. The monoisotopic (exact) mass is 405 g/mol. The average molecular weight is 405 g/mol. The molecule has 0 atom stereocenters. The molecule has 0 aliphatic rings. The number of carbonyl (C=O) groups excluding carboxylic acids is 1. The predicted molar refractivity (Wildman–Crippen MR) is 103 cm³/mol. The Morgan fingerprint density at radius 1 is 1.34 bits per heavy atom. The van der Waals surface area contributed by atoms with Crippen molar-refractivity contribution in [2.24, 2.45) is 0 Å². The molecule has 0 saturated carbocycles. The van der Waals surface area contributed by atoms with Gasteiger partial charge in [-0.05, 0) is 18.2 Å². The highest BCUT2D eigenvalue weighted by molar-refractivity contribution is 5.75. The van der Waals surface area contributed by atoms with Crippen molar-refractivity contribution in [3.8, 4) is 17.1 Å². The van der Waals surface area contributed by atoms with E-state index >= 15 is 0 Å². The third-order valence-corrected chi connectivity index (χ3v) is 3.75. The zero-order valence-electron chi connectivity index (χ0n) is 16.0. The summed E-state index contributed by atoms with van der Waals surface area (Å²) in [6.45, 7) is 0.644. The van der Waals surface area contributed by atoms with E-state index in [0.29, 0.717) is 11.3 Å². The van der Waals surface area contributed by atoms with Gasteiger partial charge < -0.3 is 15.0 Å². The van der Waals surface area contributed by atoms with Crippen LogP contribution in [0.15, 0.2) is 59.7 Å². The summed E-state index contributed by atoms with van der Waals surface area (Å²) in [7, 11) is 3.67. The Bertz CT molecular complexity index is 940. The van der Waals surface area contributed by atoms with Gasteiger partial charge in [0.1, 0.15) is 6.54 Å². The molecule has 2 heterocycles. The molecule has 29 heavy (non-hydrogen) atoms. The second kappa shape index (κ2) is 10.1. The zero-order chi connectivity index (χ0) is 21.4. The fraction of sp³-hybridized carbons (Fsp3) is 0.263. The molecular weight excluding hydrogens is 384 g/mol. The molecule has 2 rings (SSSR count). The van der Waals surface area contributed by atoms with Crippen LogP contribution in [0.3, 0.4) is 0 Å². The van der Waals surface area contributed by atoms with Crippen LogP contribution in [0, 0.1) is 0 Å². The minimum absolute atomic E-state index is 0.235. The van der Waals surface area contributed by atoms with E-state index in [2.05, 4.69) is 26.7 Å². The van der Waals surface area contributed by atoms with Crippen molar-refractivity contribution in [2.45, 2.75) is 13.2 Å². The molecule has 0 fully saturated rings. The summed E-state index contributed by atoms with van der Waals surface area (Å²) in [4.78, 5) is 29.8. The number of likely N-dealkylation sites (N-methyl/N-ethyl adjacent to an activating group) is 1. The molecule has 0 spiro atoms. The van der Waals surface area contributed by atoms with Gasteiger partial charge in [0.25, 0.3) is 5.56 Å². The number of ether oxygens (including phenoxy) is 1. The maximum Gasteiger partial charge on any atom is 0.388 e. The number of aromatic nitrogens is 3. The fourth-order valence-electron chi connectivity index (χ4n) is 2.29. The Labute approximate surface area is 166 Å². The molecule has 0 aliphatic heterocycles. The molecule has 154 valence electrons. The molecule has 0 aromatic carbocycles. The Morgan fingerprint density at radius 2 is 2.10 bits per heavy atom. The van der Waals surface area contributed by atoms with Crippen molar-refractivity contribution in [3.05, 3.63) is 65.2 Å². The lowest BCUT2D eigenvalue weighted by atomic mass is 10.2. The van der Waals surface area contributed by atoms with E-state index in [1.165, 1.54) is 30.5 Å². The van der Waals surface area contributed by atoms with Crippen molar-refractivity contribution in [2.75, 3.05) is 20.6 Å². The molecular formula is C19H21F2N5O3. The van der Waals surface area contributed by atoms with E-state index < -0.39 is 18.1 Å². The van der Waals surface area contributed by atoms with E-state index in [4.69, 9.17) is 0 Å². The van der Waals surface area contributed by atoms with E-state index in [-0.39, 0.29) is 19.0 Å². The standard InChI is InChI=1S/C19H21F2N5O3/c1-4-5-14(25(2)3)11-22-16(27)12-26-18(28)9-7-15(24-26)13-6-8-17(23-10-13)29-19(20)21/h4-10,19H,1,11-12H2,2-3H3,(H,22,27)/b14-5-. The molecule has 0 unspecified atom stereocenters. The summed E-state index contributed by atoms with van der Waals surface area (Å²) in [5.41, 5.74) is 1.21. The number of hydrogen-bond donors (Lipinski definition) is 1. The Hall–Kier alpha value is -3.56. The van der Waals surface area contributed by atoms with Gasteiger partial charge in [0, 0.05) is 43.7 Å². The van der Waals surface area contributed by atoms with E-state index in [0.717, 1.165) is 10.4 Å². The van der Waals surface area contributed by atoms with Crippen molar-refractivity contribution in [1.82, 2.24) is 25.0 Å². The first-order valence-corrected chi connectivity index (χ1v) is 8.55. The van der Waals surface area contributed by atoms with Gasteiger partial charge in [-0.1, -0.05) is 12.7 Å². The summed E-state index contributed by atoms with van der Waals surface area (Å²) in [5, 5.41) is 6.86. The summed E-state index contributed by atoms with van der Waals surface area (Å²) < 4.78 is 29.6. The summed E-state index contributed by atoms with van der Waals surface area (Å²) in [6, 6.07) is 5.46. The quantitative estimate of drug-likeness (QED) is 0.639. The number of hydrogen-bond acceptors (Lipinski definition) is 6. The molecule has 0 bridgehead atoms. The normalized spacial score (nSPS) is 11.3. The molecule has 1 amide bonds. The first kappa shape index (κ1) is 21.7. The highest BCUT2D eigenvalue weighted by atomic mass is 19.3. The minimum atomic E-state index is -2.97. The maximum absolute atomic E-state index is 12.2. The largest absolute Gasteiger partial charge is 0.417 e. The molecule has 0 radical (unpaired) electrons. The first-order valence-electron chi connectivity index (χ1n) is 8.55. The number of nitrogens with one attached hydrogen (secondary N) is 1. The lowest BCUT2D eigenvalue weighted by molar-refractivity contribution is -0.121. The number of carbonyl (C=O) groups is 1. The fourth-order valence-corrected chi connectivity index (χ4v) is 2.29.